The number of hydrogen-bond acceptors (Lipinski definition) is 3. The Bertz CT molecular complexity index is 517. The third-order valence-electron chi connectivity index (χ3n) is 2.01. The Morgan fingerprint density at radius 3 is 3.14 bits per heavy atom. The molecule has 0 fully saturated rings. The average molecular weight is 229 g/mol. The molecule has 0 saturated heterocycles. The molecule has 0 aromatic carbocycles. The second kappa shape index (κ2) is 3.71. The van der Waals surface area contributed by atoms with Crippen LogP contribution in [0, 0.1) is 6.92 Å². The average Bonchev–Trinajstić information content (AvgIpc) is 2.48. The maximum Gasteiger partial charge on any atom is 0.259 e. The van der Waals surface area contributed by atoms with Gasteiger partial charge in [0.2, 0.25) is 0 Å². The van der Waals surface area contributed by atoms with E-state index in [9.17, 15) is 4.79 Å². The minimum Gasteiger partial charge on any atom is -0.310 e. The SMILES string of the molecule is Cc1csc2nc(CCCl)[nH]c(=O)c12. The molecular weight excluding hydrogens is 220 g/mol. The monoisotopic (exact) mass is 228 g/mol. The molecular formula is C9H9ClN2OS. The second-order valence-electron chi connectivity index (χ2n) is 3.05. The molecule has 5 heteroatoms. The number of aryl methyl sites for hydroxylation is 2. The van der Waals surface area contributed by atoms with E-state index < -0.39 is 0 Å². The summed E-state index contributed by atoms with van der Waals surface area (Å²) in [5.41, 5.74) is 0.921. The predicted octanol–water partition coefficient (Wildman–Crippen LogP) is 2.07. The summed E-state index contributed by atoms with van der Waals surface area (Å²) >= 11 is 7.08. The van der Waals surface area contributed by atoms with E-state index in [1.54, 1.807) is 0 Å². The van der Waals surface area contributed by atoms with Crippen molar-refractivity contribution in [2.24, 2.45) is 0 Å². The summed E-state index contributed by atoms with van der Waals surface area (Å²) in [7, 11) is 0. The van der Waals surface area contributed by atoms with E-state index in [-0.39, 0.29) is 5.56 Å². The van der Waals surface area contributed by atoms with Crippen molar-refractivity contribution in [2.75, 3.05) is 5.88 Å². The van der Waals surface area contributed by atoms with Crippen LogP contribution in [-0.4, -0.2) is 15.8 Å². The van der Waals surface area contributed by atoms with E-state index in [0.717, 1.165) is 10.4 Å². The van der Waals surface area contributed by atoms with E-state index in [4.69, 9.17) is 11.6 Å². The summed E-state index contributed by atoms with van der Waals surface area (Å²) in [5, 5.41) is 2.64. The maximum absolute atomic E-state index is 11.6. The summed E-state index contributed by atoms with van der Waals surface area (Å²) in [6.07, 6.45) is 0.601. The van der Waals surface area contributed by atoms with Gasteiger partial charge in [0, 0.05) is 12.3 Å². The summed E-state index contributed by atoms with van der Waals surface area (Å²) in [6.45, 7) is 1.91. The van der Waals surface area contributed by atoms with E-state index >= 15 is 0 Å². The van der Waals surface area contributed by atoms with Crippen molar-refractivity contribution in [1.82, 2.24) is 9.97 Å². The van der Waals surface area contributed by atoms with Crippen LogP contribution in [0.15, 0.2) is 10.2 Å². The fourth-order valence-corrected chi connectivity index (χ4v) is 2.46. The van der Waals surface area contributed by atoms with Gasteiger partial charge >= 0.3 is 0 Å². The van der Waals surface area contributed by atoms with Crippen LogP contribution < -0.4 is 5.56 Å². The van der Waals surface area contributed by atoms with Crippen molar-refractivity contribution in [3.8, 4) is 0 Å². The smallest absolute Gasteiger partial charge is 0.259 e. The minimum absolute atomic E-state index is 0.0612. The van der Waals surface area contributed by atoms with Gasteiger partial charge in [0.05, 0.1) is 5.39 Å². The lowest BCUT2D eigenvalue weighted by atomic mass is 10.3. The van der Waals surface area contributed by atoms with Gasteiger partial charge < -0.3 is 4.98 Å². The largest absolute Gasteiger partial charge is 0.310 e. The summed E-state index contributed by atoms with van der Waals surface area (Å²) in [5.74, 6) is 1.14. The Balaban J connectivity index is 2.68. The van der Waals surface area contributed by atoms with Crippen LogP contribution in [0.2, 0.25) is 0 Å². The van der Waals surface area contributed by atoms with Crippen molar-refractivity contribution in [2.45, 2.75) is 13.3 Å². The summed E-state index contributed by atoms with van der Waals surface area (Å²) in [6, 6.07) is 0. The molecule has 0 radical (unpaired) electrons. The predicted molar refractivity (Wildman–Crippen MR) is 59.4 cm³/mol. The van der Waals surface area contributed by atoms with Crippen LogP contribution in [0.5, 0.6) is 0 Å². The van der Waals surface area contributed by atoms with Crippen LogP contribution >= 0.6 is 22.9 Å². The van der Waals surface area contributed by atoms with Gasteiger partial charge in [0.15, 0.2) is 0 Å². The maximum atomic E-state index is 11.6. The summed E-state index contributed by atoms with van der Waals surface area (Å²) < 4.78 is 0. The van der Waals surface area contributed by atoms with Gasteiger partial charge in [-0.3, -0.25) is 4.79 Å². The van der Waals surface area contributed by atoms with Crippen molar-refractivity contribution < 1.29 is 0 Å². The molecule has 0 amide bonds. The standard InChI is InChI=1S/C9H9ClN2OS/c1-5-4-14-9-7(5)8(13)11-6(12-9)2-3-10/h4H,2-3H2,1H3,(H,11,12,13). The molecule has 0 aliphatic heterocycles. The zero-order valence-electron chi connectivity index (χ0n) is 7.63. The molecule has 0 spiro atoms. The number of aromatic amines is 1. The number of halogens is 1. The molecule has 74 valence electrons. The van der Waals surface area contributed by atoms with Crippen LogP contribution in [-0.2, 0) is 6.42 Å². The molecule has 0 atom stereocenters. The molecule has 2 heterocycles. The fourth-order valence-electron chi connectivity index (χ4n) is 1.34. The van der Waals surface area contributed by atoms with E-state index in [1.165, 1.54) is 11.3 Å². The second-order valence-corrected chi connectivity index (χ2v) is 4.29. The Hall–Kier alpha value is -0.870. The lowest BCUT2D eigenvalue weighted by Crippen LogP contribution is -2.11. The topological polar surface area (TPSA) is 45.8 Å². The van der Waals surface area contributed by atoms with Gasteiger partial charge in [0.25, 0.3) is 5.56 Å². The number of thiophene rings is 1. The van der Waals surface area contributed by atoms with Gasteiger partial charge in [-0.1, -0.05) is 0 Å². The van der Waals surface area contributed by atoms with Crippen molar-refractivity contribution >= 4 is 33.2 Å². The Morgan fingerprint density at radius 1 is 1.64 bits per heavy atom. The quantitative estimate of drug-likeness (QED) is 0.800. The molecule has 2 aromatic heterocycles. The number of hydrogen-bond donors (Lipinski definition) is 1. The molecule has 2 rings (SSSR count). The molecule has 0 bridgehead atoms. The van der Waals surface area contributed by atoms with Crippen LogP contribution in [0.1, 0.15) is 11.4 Å². The highest BCUT2D eigenvalue weighted by Gasteiger charge is 2.07. The number of aromatic nitrogens is 2. The fraction of sp³-hybridized carbons (Fsp3) is 0.333. The minimum atomic E-state index is -0.0612. The highest BCUT2D eigenvalue weighted by Crippen LogP contribution is 2.19. The van der Waals surface area contributed by atoms with Gasteiger partial charge in [-0.15, -0.1) is 22.9 Å². The zero-order chi connectivity index (χ0) is 10.1. The van der Waals surface area contributed by atoms with Gasteiger partial charge in [-0.25, -0.2) is 4.98 Å². The third-order valence-corrected chi connectivity index (χ3v) is 3.19. The van der Waals surface area contributed by atoms with Gasteiger partial charge in [0.1, 0.15) is 10.7 Å². The lowest BCUT2D eigenvalue weighted by Gasteiger charge is -1.97. The van der Waals surface area contributed by atoms with Gasteiger partial charge in [-0.2, -0.15) is 0 Å². The molecule has 1 N–H and O–H groups in total. The molecule has 14 heavy (non-hydrogen) atoms. The highest BCUT2D eigenvalue weighted by molar-refractivity contribution is 7.16. The van der Waals surface area contributed by atoms with Crippen molar-refractivity contribution in [3.63, 3.8) is 0 Å². The van der Waals surface area contributed by atoms with E-state index in [1.807, 2.05) is 12.3 Å². The first-order chi connectivity index (χ1) is 6.72. The molecule has 0 unspecified atom stereocenters. The third kappa shape index (κ3) is 1.55. The molecule has 0 aliphatic carbocycles. The number of nitrogens with one attached hydrogen (secondary N) is 1. The van der Waals surface area contributed by atoms with E-state index in [2.05, 4.69) is 9.97 Å². The molecule has 0 aliphatic rings. The summed E-state index contributed by atoms with van der Waals surface area (Å²) in [4.78, 5) is 19.5. The molecule has 2 aromatic rings. The van der Waals surface area contributed by atoms with Crippen LogP contribution in [0.3, 0.4) is 0 Å². The normalized spacial score (nSPS) is 11.0. The Kier molecular flexibility index (Phi) is 2.56. The first-order valence-electron chi connectivity index (χ1n) is 4.25. The number of alkyl halides is 1. The lowest BCUT2D eigenvalue weighted by molar-refractivity contribution is 0.952. The Morgan fingerprint density at radius 2 is 2.43 bits per heavy atom. The van der Waals surface area contributed by atoms with Crippen molar-refractivity contribution in [1.29, 1.82) is 0 Å². The van der Waals surface area contributed by atoms with Gasteiger partial charge in [-0.05, 0) is 17.9 Å². The number of rotatable bonds is 2. The zero-order valence-corrected chi connectivity index (χ0v) is 9.21. The van der Waals surface area contributed by atoms with E-state index in [0.29, 0.717) is 23.5 Å². The Labute approximate surface area is 89.8 Å². The van der Waals surface area contributed by atoms with Crippen LogP contribution in [0.4, 0.5) is 0 Å². The number of H-pyrrole nitrogens is 1. The van der Waals surface area contributed by atoms with Crippen LogP contribution in [0.25, 0.3) is 10.2 Å². The first kappa shape index (κ1) is 9.68. The number of nitrogens with zero attached hydrogens (tertiary/aromatic N) is 1. The molecule has 3 nitrogen and oxygen atoms in total. The first-order valence-corrected chi connectivity index (χ1v) is 5.66. The highest BCUT2D eigenvalue weighted by atomic mass is 35.5. The van der Waals surface area contributed by atoms with Crippen molar-refractivity contribution in [3.05, 3.63) is 27.1 Å². The number of fused-ring (bicyclic) bond motifs is 1. The molecule has 0 saturated carbocycles.